The van der Waals surface area contributed by atoms with Gasteiger partial charge in [-0.2, -0.15) is 0 Å². The van der Waals surface area contributed by atoms with Gasteiger partial charge in [-0.05, 0) is 55.2 Å². The molecule has 2 aromatic rings. The minimum atomic E-state index is -0.221. The van der Waals surface area contributed by atoms with Crippen LogP contribution in [0.25, 0.3) is 0 Å². The lowest BCUT2D eigenvalue weighted by Gasteiger charge is -2.15. The van der Waals surface area contributed by atoms with Crippen molar-refractivity contribution in [2.45, 2.75) is 62.4 Å². The molecular weight excluding hydrogens is 441 g/mol. The number of hydrogen-bond acceptors (Lipinski definition) is 2. The summed E-state index contributed by atoms with van der Waals surface area (Å²) in [6.07, 6.45) is 5.79. The lowest BCUT2D eigenvalue weighted by atomic mass is 9.93. The lowest BCUT2D eigenvalue weighted by Crippen LogP contribution is -2.34. The zero-order valence-corrected chi connectivity index (χ0v) is 18.2. The fraction of sp³-hybridized carbons (Fsp3) is 0.524. The zero-order valence-electron chi connectivity index (χ0n) is 15.8. The maximum absolute atomic E-state index is 14.6. The van der Waals surface area contributed by atoms with Gasteiger partial charge in [0.05, 0.1) is 6.42 Å². The van der Waals surface area contributed by atoms with Crippen LogP contribution in [0.2, 0.25) is 0 Å². The van der Waals surface area contributed by atoms with Crippen LogP contribution >= 0.6 is 28.1 Å². The van der Waals surface area contributed by atoms with Crippen molar-refractivity contribution >= 4 is 34.1 Å². The maximum atomic E-state index is 14.6. The first kappa shape index (κ1) is 18.6. The van der Waals surface area contributed by atoms with E-state index in [2.05, 4.69) is 25.8 Å². The number of halogens is 2. The van der Waals surface area contributed by atoms with E-state index in [4.69, 9.17) is 12.2 Å². The Hall–Kier alpha value is -1.47. The standard InChI is InChI=1S/C21H23BrFN3OS/c1-25-17(9-18(27)24-13-4-2-3-5-13)19-15-10-21(15,11-26(19)20(25)28)14-8-12(22)6-7-16(14)23/h6-8,13,15H,2-5,9-11H2,1H3,(H,24,27)/t15-,21+/m0/s1. The van der Waals surface area contributed by atoms with Crippen LogP contribution in [-0.2, 0) is 30.2 Å². The zero-order chi connectivity index (χ0) is 19.6. The van der Waals surface area contributed by atoms with E-state index in [-0.39, 0.29) is 23.1 Å². The molecule has 0 spiro atoms. The van der Waals surface area contributed by atoms with Crippen molar-refractivity contribution in [3.05, 3.63) is 50.2 Å². The van der Waals surface area contributed by atoms with Crippen LogP contribution in [0.4, 0.5) is 4.39 Å². The quantitative estimate of drug-likeness (QED) is 0.677. The number of aromatic nitrogens is 2. The Bertz CT molecular complexity index is 1040. The summed E-state index contributed by atoms with van der Waals surface area (Å²) in [4.78, 5) is 12.7. The topological polar surface area (TPSA) is 39.0 Å². The summed E-state index contributed by atoms with van der Waals surface area (Å²) < 4.78 is 20.3. The van der Waals surface area contributed by atoms with E-state index >= 15 is 0 Å². The smallest absolute Gasteiger partial charge is 0.226 e. The van der Waals surface area contributed by atoms with Gasteiger partial charge < -0.3 is 14.5 Å². The predicted octanol–water partition coefficient (Wildman–Crippen LogP) is 4.50. The fourth-order valence-corrected chi connectivity index (χ4v) is 6.00. The fourth-order valence-electron chi connectivity index (χ4n) is 5.36. The molecule has 1 aromatic carbocycles. The third-order valence-electron chi connectivity index (χ3n) is 6.87. The van der Waals surface area contributed by atoms with Crippen molar-refractivity contribution < 1.29 is 9.18 Å². The summed E-state index contributed by atoms with van der Waals surface area (Å²) >= 11 is 9.14. The second-order valence-corrected chi connectivity index (χ2v) is 9.80. The molecule has 0 saturated heterocycles. The van der Waals surface area contributed by atoms with E-state index in [1.807, 2.05) is 17.7 Å². The van der Waals surface area contributed by atoms with Gasteiger partial charge in [0.25, 0.3) is 0 Å². The first-order chi connectivity index (χ1) is 13.4. The van der Waals surface area contributed by atoms with Crippen molar-refractivity contribution in [2.24, 2.45) is 7.05 Å². The molecule has 3 aliphatic rings. The number of imidazole rings is 1. The lowest BCUT2D eigenvalue weighted by molar-refractivity contribution is -0.121. The molecule has 1 aliphatic heterocycles. The molecule has 0 radical (unpaired) electrons. The molecule has 2 saturated carbocycles. The van der Waals surface area contributed by atoms with Gasteiger partial charge in [-0.1, -0.05) is 28.8 Å². The highest BCUT2D eigenvalue weighted by molar-refractivity contribution is 9.10. The predicted molar refractivity (Wildman–Crippen MR) is 111 cm³/mol. The molecule has 1 aromatic heterocycles. The monoisotopic (exact) mass is 463 g/mol. The number of carbonyl (C=O) groups is 1. The molecule has 2 aliphatic carbocycles. The van der Waals surface area contributed by atoms with E-state index in [9.17, 15) is 9.18 Å². The van der Waals surface area contributed by atoms with Gasteiger partial charge >= 0.3 is 0 Å². The summed E-state index contributed by atoms with van der Waals surface area (Å²) in [5, 5.41) is 3.18. The van der Waals surface area contributed by atoms with Gasteiger partial charge in [0, 0.05) is 46.8 Å². The summed E-state index contributed by atoms with van der Waals surface area (Å²) in [6.45, 7) is 0.692. The third kappa shape index (κ3) is 2.73. The Morgan fingerprint density at radius 2 is 2.14 bits per heavy atom. The molecule has 4 nitrogen and oxygen atoms in total. The first-order valence-corrected chi connectivity index (χ1v) is 11.1. The minimum absolute atomic E-state index is 0.0673. The van der Waals surface area contributed by atoms with Crippen molar-refractivity contribution in [1.82, 2.24) is 14.5 Å². The summed E-state index contributed by atoms with van der Waals surface area (Å²) in [5.41, 5.74) is 2.66. The van der Waals surface area contributed by atoms with Crippen molar-refractivity contribution in [3.63, 3.8) is 0 Å². The Balaban J connectivity index is 1.46. The summed E-state index contributed by atoms with van der Waals surface area (Å²) in [5.74, 6) is 0.137. The largest absolute Gasteiger partial charge is 0.353 e. The van der Waals surface area contributed by atoms with Crippen LogP contribution in [0, 0.1) is 10.6 Å². The van der Waals surface area contributed by atoms with Crippen molar-refractivity contribution in [1.29, 1.82) is 0 Å². The van der Waals surface area contributed by atoms with Crippen molar-refractivity contribution in [2.75, 3.05) is 0 Å². The van der Waals surface area contributed by atoms with Gasteiger partial charge in [-0.25, -0.2) is 4.39 Å². The Labute approximate surface area is 177 Å². The number of amides is 1. The number of hydrogen-bond donors (Lipinski definition) is 1. The minimum Gasteiger partial charge on any atom is -0.353 e. The highest BCUT2D eigenvalue weighted by Gasteiger charge is 2.63. The van der Waals surface area contributed by atoms with Gasteiger partial charge in [0.15, 0.2) is 4.77 Å². The van der Waals surface area contributed by atoms with Crippen LogP contribution in [0.15, 0.2) is 22.7 Å². The summed E-state index contributed by atoms with van der Waals surface area (Å²) in [6, 6.07) is 5.48. The Kier molecular flexibility index (Phi) is 4.32. The van der Waals surface area contributed by atoms with E-state index < -0.39 is 0 Å². The third-order valence-corrected chi connectivity index (χ3v) is 7.86. The van der Waals surface area contributed by atoms with E-state index in [0.29, 0.717) is 19.0 Å². The molecule has 0 unspecified atom stereocenters. The number of nitrogens with zero attached hydrogens (tertiary/aromatic N) is 2. The van der Waals surface area contributed by atoms with Crippen molar-refractivity contribution in [3.8, 4) is 0 Å². The highest BCUT2D eigenvalue weighted by Crippen LogP contribution is 2.66. The van der Waals surface area contributed by atoms with Crippen LogP contribution in [0.1, 0.15) is 55.0 Å². The number of carbonyl (C=O) groups excluding carboxylic acids is 1. The van der Waals surface area contributed by atoms with Gasteiger partial charge in [0.1, 0.15) is 5.82 Å². The maximum Gasteiger partial charge on any atom is 0.226 e. The molecule has 0 bridgehead atoms. The molecule has 2 heterocycles. The summed E-state index contributed by atoms with van der Waals surface area (Å²) in [7, 11) is 1.94. The molecule has 5 rings (SSSR count). The average Bonchev–Trinajstić information content (AvgIpc) is 2.95. The van der Waals surface area contributed by atoms with Gasteiger partial charge in [-0.15, -0.1) is 0 Å². The van der Waals surface area contributed by atoms with Crippen LogP contribution in [-0.4, -0.2) is 21.1 Å². The van der Waals surface area contributed by atoms with Gasteiger partial charge in [0.2, 0.25) is 5.91 Å². The van der Waals surface area contributed by atoms with Gasteiger partial charge in [-0.3, -0.25) is 4.79 Å². The molecule has 1 amide bonds. The molecule has 2 fully saturated rings. The van der Waals surface area contributed by atoms with Crippen LogP contribution in [0.3, 0.4) is 0 Å². The molecule has 1 N–H and O–H groups in total. The van der Waals surface area contributed by atoms with E-state index in [1.54, 1.807) is 6.07 Å². The second-order valence-electron chi connectivity index (χ2n) is 8.52. The average molecular weight is 464 g/mol. The normalized spacial score (nSPS) is 25.6. The number of fused-ring (bicyclic) bond motifs is 3. The SMILES string of the molecule is Cn1c(CC(=O)NC2CCCC2)c2n(c1=S)C[C@@]1(c3cc(Br)ccc3F)C[C@@H]21. The van der Waals surface area contributed by atoms with Crippen LogP contribution in [0.5, 0.6) is 0 Å². The number of rotatable bonds is 4. The Morgan fingerprint density at radius 3 is 2.89 bits per heavy atom. The molecule has 2 atom stereocenters. The number of nitrogens with one attached hydrogen (secondary N) is 1. The number of benzene rings is 1. The van der Waals surface area contributed by atoms with E-state index in [0.717, 1.165) is 45.5 Å². The Morgan fingerprint density at radius 1 is 1.39 bits per heavy atom. The molecule has 148 valence electrons. The second kappa shape index (κ2) is 6.52. The molecular formula is C21H23BrFN3OS. The first-order valence-electron chi connectivity index (χ1n) is 9.94. The molecule has 7 heteroatoms. The molecule has 28 heavy (non-hydrogen) atoms. The van der Waals surface area contributed by atoms with E-state index in [1.165, 1.54) is 18.9 Å². The highest BCUT2D eigenvalue weighted by atomic mass is 79.9. The van der Waals surface area contributed by atoms with Crippen LogP contribution < -0.4 is 5.32 Å².